The second kappa shape index (κ2) is 8.95. The van der Waals surface area contributed by atoms with Crippen LogP contribution in [0.3, 0.4) is 0 Å². The summed E-state index contributed by atoms with van der Waals surface area (Å²) in [6.07, 6.45) is 0.0513. The Kier molecular flexibility index (Phi) is 6.92. The van der Waals surface area contributed by atoms with Crippen LogP contribution in [0.2, 0.25) is 5.02 Å². The maximum atomic E-state index is 11.8. The number of hydrogen-bond donors (Lipinski definition) is 0. The lowest BCUT2D eigenvalue weighted by Crippen LogP contribution is -2.32. The minimum Gasteiger partial charge on any atom is -0.489 e. The van der Waals surface area contributed by atoms with E-state index in [0.717, 1.165) is 11.3 Å². The molecule has 0 aliphatic rings. The first kappa shape index (κ1) is 20.1. The minimum absolute atomic E-state index is 0.129. The van der Waals surface area contributed by atoms with E-state index in [1.165, 1.54) is 0 Å². The maximum Gasteiger partial charge on any atom is 0.310 e. The first-order valence-electron chi connectivity index (χ1n) is 8.59. The standard InChI is InChI=1S/C21H25ClO4/c1-15(2)25-20(23)13-21(3,4)26-19-11-9-18(10-12-19)24-14-16-5-7-17(22)8-6-16/h5-12,15H,13-14H2,1-4H3. The molecule has 0 fully saturated rings. The molecule has 0 saturated carbocycles. The number of rotatable bonds is 8. The minimum atomic E-state index is -0.655. The Morgan fingerprint density at radius 3 is 2.15 bits per heavy atom. The fraction of sp³-hybridized carbons (Fsp3) is 0.381. The summed E-state index contributed by atoms with van der Waals surface area (Å²) in [6, 6.07) is 14.9. The van der Waals surface area contributed by atoms with Gasteiger partial charge < -0.3 is 14.2 Å². The molecular formula is C21H25ClO4. The molecule has 0 N–H and O–H groups in total. The van der Waals surface area contributed by atoms with Gasteiger partial charge in [0.2, 0.25) is 0 Å². The summed E-state index contributed by atoms with van der Waals surface area (Å²) < 4.78 is 16.8. The molecule has 0 unspecified atom stereocenters. The van der Waals surface area contributed by atoms with E-state index in [0.29, 0.717) is 17.4 Å². The van der Waals surface area contributed by atoms with E-state index >= 15 is 0 Å². The lowest BCUT2D eigenvalue weighted by molar-refractivity contribution is -0.151. The number of benzene rings is 2. The number of carbonyl (C=O) groups excluding carboxylic acids is 1. The predicted octanol–water partition coefficient (Wildman–Crippen LogP) is 5.42. The zero-order chi connectivity index (χ0) is 19.2. The van der Waals surface area contributed by atoms with Gasteiger partial charge in [-0.1, -0.05) is 23.7 Å². The predicted molar refractivity (Wildman–Crippen MR) is 103 cm³/mol. The van der Waals surface area contributed by atoms with Gasteiger partial charge in [0.25, 0.3) is 0 Å². The third-order valence-corrected chi connectivity index (χ3v) is 3.73. The van der Waals surface area contributed by atoms with Crippen molar-refractivity contribution >= 4 is 17.6 Å². The smallest absolute Gasteiger partial charge is 0.310 e. The number of carbonyl (C=O) groups is 1. The zero-order valence-electron chi connectivity index (χ0n) is 15.6. The highest BCUT2D eigenvalue weighted by atomic mass is 35.5. The van der Waals surface area contributed by atoms with Crippen LogP contribution in [0.15, 0.2) is 48.5 Å². The molecule has 2 aromatic rings. The van der Waals surface area contributed by atoms with Gasteiger partial charge in [0.05, 0.1) is 12.5 Å². The Morgan fingerprint density at radius 2 is 1.58 bits per heavy atom. The van der Waals surface area contributed by atoms with Gasteiger partial charge in [-0.25, -0.2) is 0 Å². The Morgan fingerprint density at radius 1 is 1.00 bits per heavy atom. The fourth-order valence-electron chi connectivity index (χ4n) is 2.36. The lowest BCUT2D eigenvalue weighted by Gasteiger charge is -2.26. The highest BCUT2D eigenvalue weighted by molar-refractivity contribution is 6.30. The van der Waals surface area contributed by atoms with E-state index in [1.54, 1.807) is 0 Å². The molecule has 0 aliphatic heterocycles. The molecule has 0 spiro atoms. The van der Waals surface area contributed by atoms with Gasteiger partial charge in [0, 0.05) is 5.02 Å². The molecule has 0 radical (unpaired) electrons. The van der Waals surface area contributed by atoms with Gasteiger partial charge in [-0.15, -0.1) is 0 Å². The summed E-state index contributed by atoms with van der Waals surface area (Å²) in [5.41, 5.74) is 0.386. The van der Waals surface area contributed by atoms with E-state index in [2.05, 4.69) is 0 Å². The Labute approximate surface area is 160 Å². The molecule has 2 rings (SSSR count). The molecule has 0 aliphatic carbocycles. The average molecular weight is 377 g/mol. The van der Waals surface area contributed by atoms with E-state index in [4.69, 9.17) is 25.8 Å². The van der Waals surface area contributed by atoms with E-state index in [-0.39, 0.29) is 18.5 Å². The number of esters is 1. The summed E-state index contributed by atoms with van der Waals surface area (Å²) in [5, 5.41) is 0.704. The van der Waals surface area contributed by atoms with Crippen LogP contribution in [0.1, 0.15) is 39.7 Å². The molecular weight excluding hydrogens is 352 g/mol. The van der Waals surface area contributed by atoms with Gasteiger partial charge in [-0.05, 0) is 69.7 Å². The molecule has 5 heteroatoms. The number of hydrogen-bond acceptors (Lipinski definition) is 4. The topological polar surface area (TPSA) is 44.8 Å². The average Bonchev–Trinajstić information content (AvgIpc) is 2.54. The van der Waals surface area contributed by atoms with E-state index in [9.17, 15) is 4.79 Å². The fourth-order valence-corrected chi connectivity index (χ4v) is 2.48. The van der Waals surface area contributed by atoms with Crippen molar-refractivity contribution in [2.45, 2.75) is 52.4 Å². The largest absolute Gasteiger partial charge is 0.489 e. The zero-order valence-corrected chi connectivity index (χ0v) is 16.4. The van der Waals surface area contributed by atoms with Crippen LogP contribution in [0.5, 0.6) is 11.5 Å². The second-order valence-corrected chi connectivity index (χ2v) is 7.40. The van der Waals surface area contributed by atoms with Gasteiger partial charge in [-0.2, -0.15) is 0 Å². The van der Waals surface area contributed by atoms with Crippen molar-refractivity contribution in [1.29, 1.82) is 0 Å². The molecule has 0 saturated heterocycles. The summed E-state index contributed by atoms with van der Waals surface area (Å²) >= 11 is 5.87. The van der Waals surface area contributed by atoms with Crippen LogP contribution in [0.25, 0.3) is 0 Å². The Bertz CT molecular complexity index is 706. The summed E-state index contributed by atoms with van der Waals surface area (Å²) in [4.78, 5) is 11.8. The van der Waals surface area contributed by atoms with Crippen LogP contribution in [-0.4, -0.2) is 17.7 Å². The highest BCUT2D eigenvalue weighted by Crippen LogP contribution is 2.24. The summed E-state index contributed by atoms with van der Waals surface area (Å²) in [5.74, 6) is 1.14. The van der Waals surface area contributed by atoms with Crippen molar-refractivity contribution in [1.82, 2.24) is 0 Å². The molecule has 26 heavy (non-hydrogen) atoms. The SMILES string of the molecule is CC(C)OC(=O)CC(C)(C)Oc1ccc(OCc2ccc(Cl)cc2)cc1. The molecule has 0 amide bonds. The molecule has 0 aromatic heterocycles. The van der Waals surface area contributed by atoms with Crippen LogP contribution in [0.4, 0.5) is 0 Å². The van der Waals surface area contributed by atoms with Crippen molar-refractivity contribution in [3.63, 3.8) is 0 Å². The maximum absolute atomic E-state index is 11.8. The van der Waals surface area contributed by atoms with Crippen molar-refractivity contribution in [3.8, 4) is 11.5 Å². The molecule has 0 bridgehead atoms. The van der Waals surface area contributed by atoms with Crippen molar-refractivity contribution in [3.05, 3.63) is 59.1 Å². The Hall–Kier alpha value is -2.20. The highest BCUT2D eigenvalue weighted by Gasteiger charge is 2.25. The van der Waals surface area contributed by atoms with Gasteiger partial charge in [0.1, 0.15) is 23.7 Å². The van der Waals surface area contributed by atoms with Gasteiger partial charge in [0.15, 0.2) is 0 Å². The van der Waals surface area contributed by atoms with E-state index < -0.39 is 5.60 Å². The van der Waals surface area contributed by atoms with Crippen LogP contribution < -0.4 is 9.47 Å². The van der Waals surface area contributed by atoms with Crippen molar-refractivity contribution in [2.24, 2.45) is 0 Å². The van der Waals surface area contributed by atoms with Gasteiger partial charge >= 0.3 is 5.97 Å². The second-order valence-electron chi connectivity index (χ2n) is 6.96. The number of ether oxygens (including phenoxy) is 3. The monoisotopic (exact) mass is 376 g/mol. The Balaban J connectivity index is 1.87. The molecule has 4 nitrogen and oxygen atoms in total. The number of halogens is 1. The third kappa shape index (κ3) is 6.96. The first-order chi connectivity index (χ1) is 12.2. The molecule has 140 valence electrons. The van der Waals surface area contributed by atoms with Crippen LogP contribution >= 0.6 is 11.6 Å². The van der Waals surface area contributed by atoms with Crippen molar-refractivity contribution < 1.29 is 19.0 Å². The quantitative estimate of drug-likeness (QED) is 0.577. The first-order valence-corrected chi connectivity index (χ1v) is 8.97. The van der Waals surface area contributed by atoms with Crippen molar-refractivity contribution in [2.75, 3.05) is 0 Å². The lowest BCUT2D eigenvalue weighted by atomic mass is 10.1. The van der Waals surface area contributed by atoms with Gasteiger partial charge in [-0.3, -0.25) is 4.79 Å². The molecule has 0 atom stereocenters. The third-order valence-electron chi connectivity index (χ3n) is 3.47. The van der Waals surface area contributed by atoms with Crippen LogP contribution in [0, 0.1) is 0 Å². The molecule has 0 heterocycles. The van der Waals surface area contributed by atoms with E-state index in [1.807, 2.05) is 76.2 Å². The summed E-state index contributed by atoms with van der Waals surface area (Å²) in [6.45, 7) is 7.84. The molecule has 2 aromatic carbocycles. The summed E-state index contributed by atoms with van der Waals surface area (Å²) in [7, 11) is 0. The van der Waals surface area contributed by atoms with Crippen LogP contribution in [-0.2, 0) is 16.1 Å². The normalized spacial score (nSPS) is 11.3.